The summed E-state index contributed by atoms with van der Waals surface area (Å²) in [6.07, 6.45) is 2.05. The molecule has 0 aromatic heterocycles. The number of piperidine rings is 1. The van der Waals surface area contributed by atoms with Gasteiger partial charge in [0.2, 0.25) is 24.1 Å². The predicted molar refractivity (Wildman–Crippen MR) is 140 cm³/mol. The summed E-state index contributed by atoms with van der Waals surface area (Å²) in [5.74, 6) is -1.23. The molecule has 1 aromatic carbocycles. The Kier molecular flexibility index (Phi) is 12.8. The lowest BCUT2D eigenvalue weighted by molar-refractivity contribution is -0.137. The molecule has 39 heavy (non-hydrogen) atoms. The number of carbonyl (C=O) groups is 5. The zero-order valence-electron chi connectivity index (χ0n) is 22.0. The third-order valence-electron chi connectivity index (χ3n) is 6.25. The number of rotatable bonds is 19. The van der Waals surface area contributed by atoms with E-state index in [0.29, 0.717) is 95.3 Å². The van der Waals surface area contributed by atoms with Crippen molar-refractivity contribution in [3.8, 4) is 0 Å². The van der Waals surface area contributed by atoms with E-state index in [0.717, 1.165) is 0 Å². The Balaban J connectivity index is 1.25. The number of hydrogen-bond donors (Lipinski definition) is 4. The van der Waals surface area contributed by atoms with Crippen molar-refractivity contribution in [1.29, 1.82) is 0 Å². The van der Waals surface area contributed by atoms with Gasteiger partial charge >= 0.3 is 0 Å². The van der Waals surface area contributed by atoms with Crippen molar-refractivity contribution in [2.75, 3.05) is 64.6 Å². The topological polar surface area (TPSA) is 164 Å². The lowest BCUT2D eigenvalue weighted by Gasteiger charge is -2.29. The highest BCUT2D eigenvalue weighted by molar-refractivity contribution is 6.06. The maximum Gasteiger partial charge on any atom is 0.255 e. The first-order chi connectivity index (χ1) is 19.0. The van der Waals surface area contributed by atoms with Crippen LogP contribution >= 0.6 is 0 Å². The highest BCUT2D eigenvalue weighted by Crippen LogP contribution is 2.32. The van der Waals surface area contributed by atoms with Crippen molar-refractivity contribution < 1.29 is 38.2 Å². The first-order valence-corrected chi connectivity index (χ1v) is 13.2. The molecule has 1 atom stereocenters. The second-order valence-corrected chi connectivity index (χ2v) is 9.04. The number of nitrogens with zero attached hydrogens (tertiary/aromatic N) is 1. The minimum atomic E-state index is -0.697. The van der Waals surface area contributed by atoms with Crippen molar-refractivity contribution in [3.63, 3.8) is 0 Å². The largest absolute Gasteiger partial charge is 0.378 e. The van der Waals surface area contributed by atoms with Gasteiger partial charge in [0.1, 0.15) is 6.04 Å². The Morgan fingerprint density at radius 3 is 2.44 bits per heavy atom. The molecule has 1 unspecified atom stereocenters. The van der Waals surface area contributed by atoms with Crippen LogP contribution < -0.4 is 21.3 Å². The summed E-state index contributed by atoms with van der Waals surface area (Å²) in [5, 5.41) is 10.9. The first kappa shape index (κ1) is 30.2. The lowest BCUT2D eigenvalue weighted by Crippen LogP contribution is -2.52. The number of nitrogens with one attached hydrogen (secondary N) is 4. The lowest BCUT2D eigenvalue weighted by atomic mass is 10.0. The third-order valence-corrected chi connectivity index (χ3v) is 6.25. The summed E-state index contributed by atoms with van der Waals surface area (Å²) < 4.78 is 16.1. The quantitative estimate of drug-likeness (QED) is 0.102. The molecule has 2 aliphatic heterocycles. The van der Waals surface area contributed by atoms with Gasteiger partial charge in [0.15, 0.2) is 0 Å². The smallest absolute Gasteiger partial charge is 0.255 e. The summed E-state index contributed by atoms with van der Waals surface area (Å²) in [4.78, 5) is 60.7. The SMILES string of the molecule is O=CNCCOCCOCCOCCNCCCC(=O)Nc1cccc2c1CN(C1CCC(=O)NC1=O)C2=O. The van der Waals surface area contributed by atoms with Gasteiger partial charge in [-0.15, -0.1) is 0 Å². The number of imide groups is 1. The van der Waals surface area contributed by atoms with E-state index < -0.39 is 11.9 Å². The Morgan fingerprint density at radius 1 is 1.00 bits per heavy atom. The molecule has 4 N–H and O–H groups in total. The average Bonchev–Trinajstić information content (AvgIpc) is 3.25. The fraction of sp³-hybridized carbons (Fsp3) is 0.577. The number of carbonyl (C=O) groups excluding carboxylic acids is 5. The molecule has 5 amide bonds. The van der Waals surface area contributed by atoms with Crippen molar-refractivity contribution in [2.24, 2.45) is 0 Å². The van der Waals surface area contributed by atoms with E-state index in [1.165, 1.54) is 4.90 Å². The molecule has 1 saturated heterocycles. The summed E-state index contributed by atoms with van der Waals surface area (Å²) in [6, 6.07) is 4.44. The van der Waals surface area contributed by atoms with E-state index >= 15 is 0 Å². The molecular weight excluding hydrogens is 510 g/mol. The second-order valence-electron chi connectivity index (χ2n) is 9.04. The van der Waals surface area contributed by atoms with Crippen LogP contribution in [0.1, 0.15) is 41.6 Å². The third kappa shape index (κ3) is 9.70. The predicted octanol–water partition coefficient (Wildman–Crippen LogP) is -0.448. The Bertz CT molecular complexity index is 1000. The molecule has 0 saturated carbocycles. The maximum absolute atomic E-state index is 12.9. The number of amides is 5. The van der Waals surface area contributed by atoms with Gasteiger partial charge < -0.3 is 35.1 Å². The molecule has 0 radical (unpaired) electrons. The summed E-state index contributed by atoms with van der Waals surface area (Å²) in [5.41, 5.74) is 1.70. The van der Waals surface area contributed by atoms with E-state index in [4.69, 9.17) is 14.2 Å². The number of fused-ring (bicyclic) bond motifs is 1. The normalized spacial score (nSPS) is 16.7. The molecule has 3 rings (SSSR count). The zero-order chi connectivity index (χ0) is 27.9. The standard InChI is InChI=1S/C26H37N5O8/c32-18-28-10-12-38-14-16-39-15-13-37-11-9-27-8-2-5-23(33)29-21-4-1-3-19-20(21)17-31(26(19)36)22-6-7-24(34)30-25(22)35/h1,3-4,18,22,27H,2,5-17H2,(H,28,32)(H,29,33)(H,30,34,35). The summed E-state index contributed by atoms with van der Waals surface area (Å²) >= 11 is 0. The Hall–Kier alpha value is -3.39. The average molecular weight is 548 g/mol. The van der Waals surface area contributed by atoms with Gasteiger partial charge in [0.05, 0.1) is 39.6 Å². The minimum absolute atomic E-state index is 0.158. The maximum atomic E-state index is 12.9. The zero-order valence-corrected chi connectivity index (χ0v) is 22.0. The van der Waals surface area contributed by atoms with Crippen molar-refractivity contribution in [3.05, 3.63) is 29.3 Å². The van der Waals surface area contributed by atoms with Crippen LogP contribution in [0.5, 0.6) is 0 Å². The van der Waals surface area contributed by atoms with Gasteiger partial charge in [-0.1, -0.05) is 6.07 Å². The highest BCUT2D eigenvalue weighted by atomic mass is 16.5. The fourth-order valence-corrected chi connectivity index (χ4v) is 4.29. The van der Waals surface area contributed by atoms with Gasteiger partial charge in [0.25, 0.3) is 5.91 Å². The van der Waals surface area contributed by atoms with Gasteiger partial charge in [0, 0.05) is 49.3 Å². The second kappa shape index (κ2) is 16.5. The van der Waals surface area contributed by atoms with Crippen LogP contribution in [0.4, 0.5) is 5.69 Å². The van der Waals surface area contributed by atoms with Gasteiger partial charge in [-0.3, -0.25) is 29.3 Å². The fourth-order valence-electron chi connectivity index (χ4n) is 4.29. The first-order valence-electron chi connectivity index (χ1n) is 13.2. The van der Waals surface area contributed by atoms with Crippen molar-refractivity contribution in [2.45, 2.75) is 38.3 Å². The Labute approximate surface area is 227 Å². The summed E-state index contributed by atoms with van der Waals surface area (Å²) in [6.45, 7) is 4.83. The Morgan fingerprint density at radius 2 is 1.72 bits per heavy atom. The van der Waals surface area contributed by atoms with Crippen LogP contribution in [0.3, 0.4) is 0 Å². The minimum Gasteiger partial charge on any atom is -0.378 e. The van der Waals surface area contributed by atoms with Crippen LogP contribution in [0, 0.1) is 0 Å². The van der Waals surface area contributed by atoms with Gasteiger partial charge in [-0.05, 0) is 31.5 Å². The van der Waals surface area contributed by atoms with Crippen LogP contribution in [-0.4, -0.2) is 100 Å². The van der Waals surface area contributed by atoms with E-state index in [-0.39, 0.29) is 37.1 Å². The molecule has 13 heteroatoms. The molecule has 1 aromatic rings. The monoisotopic (exact) mass is 547 g/mol. The molecule has 13 nitrogen and oxygen atoms in total. The van der Waals surface area contributed by atoms with Crippen molar-refractivity contribution >= 4 is 35.7 Å². The molecule has 1 fully saturated rings. The van der Waals surface area contributed by atoms with E-state index in [1.807, 2.05) is 0 Å². The molecule has 214 valence electrons. The molecule has 0 aliphatic carbocycles. The van der Waals surface area contributed by atoms with Crippen LogP contribution in [-0.2, 0) is 39.9 Å². The molecule has 0 bridgehead atoms. The number of ether oxygens (including phenoxy) is 3. The highest BCUT2D eigenvalue weighted by Gasteiger charge is 2.39. The molecule has 0 spiro atoms. The molecular formula is C26H37N5O8. The van der Waals surface area contributed by atoms with E-state index in [9.17, 15) is 24.0 Å². The van der Waals surface area contributed by atoms with Crippen molar-refractivity contribution in [1.82, 2.24) is 20.9 Å². The van der Waals surface area contributed by atoms with Crippen LogP contribution in [0.25, 0.3) is 0 Å². The van der Waals surface area contributed by atoms with Crippen LogP contribution in [0.2, 0.25) is 0 Å². The molecule has 2 heterocycles. The van der Waals surface area contributed by atoms with E-state index in [2.05, 4.69) is 21.3 Å². The molecule has 2 aliphatic rings. The number of benzene rings is 1. The van der Waals surface area contributed by atoms with E-state index in [1.54, 1.807) is 18.2 Å². The summed E-state index contributed by atoms with van der Waals surface area (Å²) in [7, 11) is 0. The number of hydrogen-bond acceptors (Lipinski definition) is 9. The van der Waals surface area contributed by atoms with Gasteiger partial charge in [-0.2, -0.15) is 0 Å². The number of anilines is 1. The van der Waals surface area contributed by atoms with Crippen LogP contribution in [0.15, 0.2) is 18.2 Å². The van der Waals surface area contributed by atoms with Gasteiger partial charge in [-0.25, -0.2) is 0 Å².